The van der Waals surface area contributed by atoms with E-state index in [1.165, 1.54) is 19.1 Å². The first-order chi connectivity index (χ1) is 14.5. The second-order valence-corrected chi connectivity index (χ2v) is 8.12. The highest BCUT2D eigenvalue weighted by atomic mass is 19.1. The minimum Gasteiger partial charge on any atom is -0.463 e. The normalized spacial score (nSPS) is 14.1. The third kappa shape index (κ3) is 5.90. The zero-order valence-corrected chi connectivity index (χ0v) is 18.4. The van der Waals surface area contributed by atoms with Crippen LogP contribution in [-0.4, -0.2) is 35.7 Å². The Kier molecular flexibility index (Phi) is 7.55. The topological polar surface area (TPSA) is 81.7 Å². The minimum atomic E-state index is -3.22. The first-order valence-corrected chi connectivity index (χ1v) is 10.0. The van der Waals surface area contributed by atoms with E-state index in [0.717, 1.165) is 5.56 Å². The zero-order chi connectivity index (χ0) is 23.2. The fraction of sp³-hybridized carbons (Fsp3) is 0.375. The van der Waals surface area contributed by atoms with E-state index < -0.39 is 35.2 Å². The van der Waals surface area contributed by atoms with Crippen LogP contribution in [0.4, 0.5) is 9.18 Å². The third-order valence-corrected chi connectivity index (χ3v) is 4.41. The minimum absolute atomic E-state index is 0.0267. The number of aryl methyl sites for hydroxylation is 1. The smallest absolute Gasteiger partial charge is 0.408 e. The predicted molar refractivity (Wildman–Crippen MR) is 115 cm³/mol. The fourth-order valence-electron chi connectivity index (χ4n) is 2.97. The van der Waals surface area contributed by atoms with Gasteiger partial charge in [0.05, 0.1) is 6.61 Å². The SMILES string of the molecule is CCOC(=O)[C@@](F)(C(=O)c1ccccc1)[C@@H](NC(=O)OC(C)(C)C)c1ccc(C)cc1. The van der Waals surface area contributed by atoms with E-state index in [1.54, 1.807) is 63.2 Å². The first-order valence-electron chi connectivity index (χ1n) is 10.0. The molecule has 2 aromatic carbocycles. The van der Waals surface area contributed by atoms with Gasteiger partial charge in [-0.2, -0.15) is 0 Å². The molecule has 0 unspecified atom stereocenters. The van der Waals surface area contributed by atoms with Gasteiger partial charge in [-0.25, -0.2) is 14.0 Å². The highest BCUT2D eigenvalue weighted by molar-refractivity contribution is 6.16. The lowest BCUT2D eigenvalue weighted by Gasteiger charge is -2.32. The van der Waals surface area contributed by atoms with Crippen molar-refractivity contribution in [1.82, 2.24) is 5.32 Å². The van der Waals surface area contributed by atoms with Crippen LogP contribution in [0, 0.1) is 6.92 Å². The molecular weight excluding hydrogens is 401 g/mol. The van der Waals surface area contributed by atoms with E-state index >= 15 is 4.39 Å². The Hall–Kier alpha value is -3.22. The molecule has 0 aliphatic heterocycles. The molecule has 2 aromatic rings. The Morgan fingerprint density at radius 3 is 2.10 bits per heavy atom. The Labute approximate surface area is 181 Å². The molecule has 0 radical (unpaired) electrons. The molecule has 6 nitrogen and oxygen atoms in total. The molecule has 2 rings (SSSR count). The molecule has 1 amide bonds. The molecule has 166 valence electrons. The van der Waals surface area contributed by atoms with E-state index in [9.17, 15) is 14.4 Å². The van der Waals surface area contributed by atoms with Gasteiger partial charge in [0.2, 0.25) is 5.78 Å². The van der Waals surface area contributed by atoms with Crippen molar-refractivity contribution in [2.75, 3.05) is 6.61 Å². The summed E-state index contributed by atoms with van der Waals surface area (Å²) in [6, 6.07) is 12.4. The monoisotopic (exact) mass is 429 g/mol. The van der Waals surface area contributed by atoms with Crippen LogP contribution in [0.15, 0.2) is 54.6 Å². The summed E-state index contributed by atoms with van der Waals surface area (Å²) >= 11 is 0. The number of carbonyl (C=O) groups excluding carboxylic acids is 3. The van der Waals surface area contributed by atoms with Crippen molar-refractivity contribution in [3.05, 3.63) is 71.3 Å². The molecule has 7 heteroatoms. The van der Waals surface area contributed by atoms with Gasteiger partial charge in [-0.15, -0.1) is 0 Å². The average molecular weight is 429 g/mol. The Morgan fingerprint density at radius 1 is 1.00 bits per heavy atom. The van der Waals surface area contributed by atoms with Crippen LogP contribution < -0.4 is 5.32 Å². The fourth-order valence-corrected chi connectivity index (χ4v) is 2.97. The van der Waals surface area contributed by atoms with Gasteiger partial charge < -0.3 is 14.8 Å². The summed E-state index contributed by atoms with van der Waals surface area (Å²) in [5, 5.41) is 2.38. The summed E-state index contributed by atoms with van der Waals surface area (Å²) in [7, 11) is 0. The maximum atomic E-state index is 16.6. The van der Waals surface area contributed by atoms with Crippen LogP contribution in [0.3, 0.4) is 0 Å². The van der Waals surface area contributed by atoms with Gasteiger partial charge in [0.1, 0.15) is 11.6 Å². The number of benzene rings is 2. The van der Waals surface area contributed by atoms with Gasteiger partial charge in [-0.3, -0.25) is 4.79 Å². The van der Waals surface area contributed by atoms with E-state index in [0.29, 0.717) is 0 Å². The first kappa shape index (κ1) is 24.1. The number of carbonyl (C=O) groups is 3. The predicted octanol–water partition coefficient (Wildman–Crippen LogP) is 4.72. The summed E-state index contributed by atoms with van der Waals surface area (Å²) in [6.07, 6.45) is -0.967. The summed E-state index contributed by atoms with van der Waals surface area (Å²) in [5.74, 6) is -2.50. The molecule has 0 aliphatic carbocycles. The van der Waals surface area contributed by atoms with Crippen molar-refractivity contribution >= 4 is 17.8 Å². The molecular formula is C24H28FNO5. The van der Waals surface area contributed by atoms with E-state index in [-0.39, 0.29) is 17.7 Å². The highest BCUT2D eigenvalue weighted by Crippen LogP contribution is 2.35. The van der Waals surface area contributed by atoms with Gasteiger partial charge in [0, 0.05) is 5.56 Å². The van der Waals surface area contributed by atoms with Crippen molar-refractivity contribution in [1.29, 1.82) is 0 Å². The lowest BCUT2D eigenvalue weighted by atomic mass is 9.83. The number of nitrogens with one attached hydrogen (secondary N) is 1. The van der Waals surface area contributed by atoms with E-state index in [1.807, 2.05) is 6.92 Å². The molecule has 1 N–H and O–H groups in total. The third-order valence-electron chi connectivity index (χ3n) is 4.41. The number of ether oxygens (including phenoxy) is 2. The molecule has 0 aromatic heterocycles. The molecule has 0 spiro atoms. The van der Waals surface area contributed by atoms with Crippen LogP contribution in [0.25, 0.3) is 0 Å². The largest absolute Gasteiger partial charge is 0.463 e. The number of Topliss-reactive ketones (excluding diaryl/α,β-unsaturated/α-hetero) is 1. The lowest BCUT2D eigenvalue weighted by molar-refractivity contribution is -0.155. The van der Waals surface area contributed by atoms with Gasteiger partial charge in [0.15, 0.2) is 0 Å². The summed E-state index contributed by atoms with van der Waals surface area (Å²) < 4.78 is 26.8. The number of ketones is 1. The second-order valence-electron chi connectivity index (χ2n) is 8.12. The quantitative estimate of drug-likeness (QED) is 0.391. The number of hydrogen-bond acceptors (Lipinski definition) is 5. The molecule has 0 aliphatic rings. The molecule has 31 heavy (non-hydrogen) atoms. The van der Waals surface area contributed by atoms with Crippen LogP contribution in [0.1, 0.15) is 55.2 Å². The van der Waals surface area contributed by atoms with Crippen LogP contribution in [0.2, 0.25) is 0 Å². The average Bonchev–Trinajstić information content (AvgIpc) is 2.71. The van der Waals surface area contributed by atoms with Crippen LogP contribution in [-0.2, 0) is 14.3 Å². The number of rotatable bonds is 7. The van der Waals surface area contributed by atoms with Gasteiger partial charge in [-0.05, 0) is 40.2 Å². The number of hydrogen-bond donors (Lipinski definition) is 1. The molecule has 2 atom stereocenters. The number of esters is 1. The highest BCUT2D eigenvalue weighted by Gasteiger charge is 2.56. The van der Waals surface area contributed by atoms with Crippen molar-refractivity contribution < 1.29 is 28.2 Å². The van der Waals surface area contributed by atoms with Crippen molar-refractivity contribution in [3.8, 4) is 0 Å². The van der Waals surface area contributed by atoms with Gasteiger partial charge in [0.25, 0.3) is 5.67 Å². The van der Waals surface area contributed by atoms with E-state index in [2.05, 4.69) is 5.32 Å². The molecule has 0 saturated carbocycles. The molecule has 0 saturated heterocycles. The summed E-state index contributed by atoms with van der Waals surface area (Å²) in [6.45, 7) is 8.15. The second kappa shape index (κ2) is 9.73. The standard InChI is InChI=1S/C24H28FNO5/c1-6-30-21(28)24(25,20(27)18-10-8-7-9-11-18)19(17-14-12-16(2)13-15-17)26-22(29)31-23(3,4)5/h7-15,19H,6H2,1-5H3,(H,26,29)/t19-,24-/m0/s1. The molecule has 0 heterocycles. The van der Waals surface area contributed by atoms with Crippen LogP contribution in [0.5, 0.6) is 0 Å². The maximum absolute atomic E-state index is 16.6. The summed E-state index contributed by atoms with van der Waals surface area (Å²) in [4.78, 5) is 38.6. The van der Waals surface area contributed by atoms with Crippen molar-refractivity contribution in [3.63, 3.8) is 0 Å². The summed E-state index contributed by atoms with van der Waals surface area (Å²) in [5.41, 5.74) is -3.01. The van der Waals surface area contributed by atoms with Crippen LogP contribution >= 0.6 is 0 Å². The number of amides is 1. The molecule has 0 fully saturated rings. The van der Waals surface area contributed by atoms with Gasteiger partial charge >= 0.3 is 12.1 Å². The lowest BCUT2D eigenvalue weighted by Crippen LogP contribution is -2.55. The number of alkyl carbamates (subject to hydrolysis) is 1. The van der Waals surface area contributed by atoms with Crippen molar-refractivity contribution in [2.24, 2.45) is 0 Å². The van der Waals surface area contributed by atoms with E-state index in [4.69, 9.17) is 9.47 Å². The molecule has 0 bridgehead atoms. The Balaban J connectivity index is 2.61. The van der Waals surface area contributed by atoms with Gasteiger partial charge in [-0.1, -0.05) is 60.2 Å². The maximum Gasteiger partial charge on any atom is 0.408 e. The number of alkyl halides is 1. The Morgan fingerprint density at radius 2 is 1.58 bits per heavy atom. The zero-order valence-electron chi connectivity index (χ0n) is 18.4. The Bertz CT molecular complexity index is 921. The van der Waals surface area contributed by atoms with Crippen molar-refractivity contribution in [2.45, 2.75) is 51.9 Å². The number of halogens is 1.